The molecule has 0 radical (unpaired) electrons. The maximum Gasteiger partial charge on any atom is 0.304 e. The topological polar surface area (TPSA) is 113 Å². The van der Waals surface area contributed by atoms with Crippen LogP contribution in [0.5, 0.6) is 5.75 Å². The molecule has 1 aromatic heterocycles. The Balaban J connectivity index is 1.71. The number of hydrogen-bond donors (Lipinski definition) is 2. The van der Waals surface area contributed by atoms with Gasteiger partial charge in [0.1, 0.15) is 16.7 Å². The molecule has 1 amide bonds. The van der Waals surface area contributed by atoms with E-state index in [9.17, 15) is 23.1 Å². The molecule has 2 aromatic carbocycles. The molecule has 4 rings (SSSR count). The summed E-state index contributed by atoms with van der Waals surface area (Å²) in [5, 5.41) is 14.0. The number of carbonyl (C=O) groups excluding carboxylic acids is 1. The number of nitrogens with zero attached hydrogens (tertiary/aromatic N) is 1. The third-order valence-corrected chi connectivity index (χ3v) is 9.40. The van der Waals surface area contributed by atoms with E-state index in [1.54, 1.807) is 42.8 Å². The van der Waals surface area contributed by atoms with Crippen molar-refractivity contribution in [3.8, 4) is 5.75 Å². The van der Waals surface area contributed by atoms with E-state index in [0.29, 0.717) is 17.0 Å². The van der Waals surface area contributed by atoms with Crippen LogP contribution in [0.25, 0.3) is 0 Å². The number of hydrogen-bond acceptors (Lipinski definition) is 6. The number of sulfonamides is 1. The first kappa shape index (κ1) is 26.8. The number of fused-ring (bicyclic) bond motifs is 1. The van der Waals surface area contributed by atoms with Crippen LogP contribution in [-0.2, 0) is 21.4 Å². The second-order valence-corrected chi connectivity index (χ2v) is 11.9. The fourth-order valence-corrected chi connectivity index (χ4v) is 6.93. The molecule has 0 fully saturated rings. The molecule has 10 heteroatoms. The lowest BCUT2D eigenvalue weighted by Gasteiger charge is -2.24. The molecule has 8 nitrogen and oxygen atoms in total. The summed E-state index contributed by atoms with van der Waals surface area (Å²) in [7, 11) is -2.27. The highest BCUT2D eigenvalue weighted by Crippen LogP contribution is 2.35. The van der Waals surface area contributed by atoms with Gasteiger partial charge in [0.15, 0.2) is 0 Å². The van der Waals surface area contributed by atoms with Gasteiger partial charge in [-0.25, -0.2) is 8.42 Å². The van der Waals surface area contributed by atoms with Crippen molar-refractivity contribution in [1.29, 1.82) is 0 Å². The Kier molecular flexibility index (Phi) is 8.01. The molecule has 2 atom stereocenters. The van der Waals surface area contributed by atoms with Crippen LogP contribution in [0.2, 0.25) is 0 Å². The van der Waals surface area contributed by atoms with Crippen LogP contribution in [0, 0.1) is 6.92 Å². The van der Waals surface area contributed by atoms with Gasteiger partial charge in [-0.15, -0.1) is 11.3 Å². The van der Waals surface area contributed by atoms with Crippen LogP contribution < -0.4 is 10.1 Å². The average Bonchev–Trinajstić information content (AvgIpc) is 3.33. The summed E-state index contributed by atoms with van der Waals surface area (Å²) < 4.78 is 34.7. The Bertz CT molecular complexity index is 1420. The molecule has 0 saturated carbocycles. The first-order valence-corrected chi connectivity index (χ1v) is 14.3. The van der Waals surface area contributed by atoms with Crippen LogP contribution in [0.1, 0.15) is 57.6 Å². The van der Waals surface area contributed by atoms with E-state index in [1.807, 2.05) is 32.0 Å². The van der Waals surface area contributed by atoms with Gasteiger partial charge in [-0.2, -0.15) is 4.31 Å². The molecule has 0 aliphatic carbocycles. The third kappa shape index (κ3) is 5.71. The quantitative estimate of drug-likeness (QED) is 0.437. The van der Waals surface area contributed by atoms with Crippen molar-refractivity contribution < 1.29 is 27.9 Å². The number of ether oxygens (including phenoxy) is 1. The molecule has 1 aliphatic heterocycles. The highest BCUT2D eigenvalue weighted by Gasteiger charge is 2.34. The zero-order chi connectivity index (χ0) is 26.7. The molecule has 37 heavy (non-hydrogen) atoms. The van der Waals surface area contributed by atoms with Crippen molar-refractivity contribution in [2.24, 2.45) is 0 Å². The third-order valence-electron chi connectivity index (χ3n) is 6.60. The van der Waals surface area contributed by atoms with Gasteiger partial charge in [-0.3, -0.25) is 9.59 Å². The lowest BCUT2D eigenvalue weighted by atomic mass is 9.88. The highest BCUT2D eigenvalue weighted by molar-refractivity contribution is 7.89. The summed E-state index contributed by atoms with van der Waals surface area (Å²) in [4.78, 5) is 24.5. The van der Waals surface area contributed by atoms with E-state index >= 15 is 0 Å². The van der Waals surface area contributed by atoms with Gasteiger partial charge >= 0.3 is 5.97 Å². The number of thiophene rings is 1. The first-order chi connectivity index (χ1) is 17.6. The van der Waals surface area contributed by atoms with Gasteiger partial charge in [0.25, 0.3) is 5.91 Å². The standard InChI is InChI=1S/C27H30N2O6S2/c1-4-21-15-29(37(33,34)25-8-6-5-7-23(25)35-21)14-19-11-18(10-9-17(19)2)22(13-26(30)31)20-12-24(36-16-20)27(32)28-3/h5-12,16,21-22H,4,13-15H2,1-3H3,(H,28,32)(H,30,31). The van der Waals surface area contributed by atoms with Gasteiger partial charge < -0.3 is 15.2 Å². The van der Waals surface area contributed by atoms with Crippen LogP contribution in [0.4, 0.5) is 0 Å². The van der Waals surface area contributed by atoms with E-state index in [1.165, 1.54) is 15.6 Å². The number of carboxylic acids is 1. The van der Waals surface area contributed by atoms with E-state index in [-0.39, 0.29) is 36.4 Å². The molecule has 2 unspecified atom stereocenters. The van der Waals surface area contributed by atoms with Crippen molar-refractivity contribution in [3.05, 3.63) is 81.0 Å². The monoisotopic (exact) mass is 542 g/mol. The summed E-state index contributed by atoms with van der Waals surface area (Å²) in [5.74, 6) is -1.32. The predicted molar refractivity (Wildman–Crippen MR) is 142 cm³/mol. The van der Waals surface area contributed by atoms with Gasteiger partial charge in [0.05, 0.1) is 17.8 Å². The Hall–Kier alpha value is -3.21. The Labute approximate surface area is 220 Å². The second kappa shape index (κ2) is 11.0. The molecular formula is C27H30N2O6S2. The summed E-state index contributed by atoms with van der Waals surface area (Å²) in [6.45, 7) is 4.20. The van der Waals surface area contributed by atoms with Crippen LogP contribution >= 0.6 is 11.3 Å². The molecule has 3 aromatic rings. The molecular weight excluding hydrogens is 512 g/mol. The van der Waals surface area contributed by atoms with E-state index in [4.69, 9.17) is 4.74 Å². The molecule has 0 saturated heterocycles. The number of benzene rings is 2. The SMILES string of the molecule is CCC1CN(Cc2cc(C(CC(=O)O)c3csc(C(=O)NC)c3)ccc2C)S(=O)(=O)c2ccccc2O1. The number of carbonyl (C=O) groups is 2. The molecule has 0 spiro atoms. The number of amides is 1. The molecule has 0 bridgehead atoms. The molecule has 2 N–H and O–H groups in total. The largest absolute Gasteiger partial charge is 0.488 e. The smallest absolute Gasteiger partial charge is 0.304 e. The zero-order valence-electron chi connectivity index (χ0n) is 20.9. The Morgan fingerprint density at radius 3 is 2.65 bits per heavy atom. The lowest BCUT2D eigenvalue weighted by Crippen LogP contribution is -2.36. The van der Waals surface area contributed by atoms with Crippen LogP contribution in [0.3, 0.4) is 0 Å². The van der Waals surface area contributed by atoms with Crippen molar-refractivity contribution in [2.75, 3.05) is 13.6 Å². The number of para-hydroxylation sites is 1. The Morgan fingerprint density at radius 1 is 1.19 bits per heavy atom. The van der Waals surface area contributed by atoms with E-state index in [2.05, 4.69) is 5.32 Å². The van der Waals surface area contributed by atoms with Crippen molar-refractivity contribution >= 4 is 33.2 Å². The lowest BCUT2D eigenvalue weighted by molar-refractivity contribution is -0.137. The number of rotatable bonds is 8. The zero-order valence-corrected chi connectivity index (χ0v) is 22.6. The summed E-state index contributed by atoms with van der Waals surface area (Å²) in [5.41, 5.74) is 3.17. The maximum absolute atomic E-state index is 13.6. The molecule has 2 heterocycles. The van der Waals surface area contributed by atoms with Gasteiger partial charge in [-0.1, -0.05) is 37.3 Å². The molecule has 1 aliphatic rings. The summed E-state index contributed by atoms with van der Waals surface area (Å²) in [6.07, 6.45) is 0.190. The fourth-order valence-electron chi connectivity index (χ4n) is 4.45. The minimum absolute atomic E-state index is 0.128. The summed E-state index contributed by atoms with van der Waals surface area (Å²) in [6, 6.07) is 14.0. The fraction of sp³-hybridized carbons (Fsp3) is 0.333. The van der Waals surface area contributed by atoms with Crippen molar-refractivity contribution in [2.45, 2.75) is 50.2 Å². The minimum atomic E-state index is -3.82. The maximum atomic E-state index is 13.6. The minimum Gasteiger partial charge on any atom is -0.488 e. The van der Waals surface area contributed by atoms with E-state index < -0.39 is 21.9 Å². The Morgan fingerprint density at radius 2 is 1.95 bits per heavy atom. The van der Waals surface area contributed by atoms with Crippen LogP contribution in [0.15, 0.2) is 58.8 Å². The first-order valence-electron chi connectivity index (χ1n) is 12.0. The summed E-state index contributed by atoms with van der Waals surface area (Å²) >= 11 is 1.26. The van der Waals surface area contributed by atoms with Crippen molar-refractivity contribution in [3.63, 3.8) is 0 Å². The number of carboxylic acid groups (broad SMARTS) is 1. The van der Waals surface area contributed by atoms with Crippen LogP contribution in [-0.4, -0.2) is 49.4 Å². The number of aryl methyl sites for hydroxylation is 1. The molecule has 196 valence electrons. The van der Waals surface area contributed by atoms with Crippen molar-refractivity contribution in [1.82, 2.24) is 9.62 Å². The van der Waals surface area contributed by atoms with E-state index in [0.717, 1.165) is 22.3 Å². The van der Waals surface area contributed by atoms with Gasteiger partial charge in [0, 0.05) is 19.5 Å². The number of nitrogens with one attached hydrogen (secondary N) is 1. The van der Waals surface area contributed by atoms with Gasteiger partial charge in [0.2, 0.25) is 10.0 Å². The van der Waals surface area contributed by atoms with Gasteiger partial charge in [-0.05, 0) is 59.2 Å². The second-order valence-electron chi connectivity index (χ2n) is 9.05. The predicted octanol–water partition coefficient (Wildman–Crippen LogP) is 4.38. The number of aliphatic carboxylic acids is 1. The average molecular weight is 543 g/mol. The highest BCUT2D eigenvalue weighted by atomic mass is 32.2. The normalized spacial score (nSPS) is 17.8.